The van der Waals surface area contributed by atoms with Crippen molar-refractivity contribution in [3.05, 3.63) is 41.8 Å². The summed E-state index contributed by atoms with van der Waals surface area (Å²) in [6.45, 7) is 0. The van der Waals surface area contributed by atoms with Gasteiger partial charge in [0.25, 0.3) is 0 Å². The number of carboxylic acid groups (broad SMARTS) is 1. The van der Waals surface area contributed by atoms with Crippen molar-refractivity contribution in [3.63, 3.8) is 0 Å². The zero-order valence-corrected chi connectivity index (χ0v) is 9.27. The Labute approximate surface area is 101 Å². The summed E-state index contributed by atoms with van der Waals surface area (Å²) in [6, 6.07) is 9.86. The number of rotatable bonds is 3. The Hall–Kier alpha value is -2.26. The minimum absolute atomic E-state index is 0.121. The normalized spacial score (nSPS) is 9.82. The lowest BCUT2D eigenvalue weighted by Crippen LogP contribution is -1.91. The van der Waals surface area contributed by atoms with Crippen LogP contribution in [-0.2, 0) is 0 Å². The van der Waals surface area contributed by atoms with Crippen LogP contribution >= 0.6 is 11.8 Å². The lowest BCUT2D eigenvalue weighted by molar-refractivity contribution is 0.0656. The number of nitrogens with zero attached hydrogens (tertiary/aromatic N) is 2. The number of pyridine rings is 1. The Morgan fingerprint density at radius 1 is 1.41 bits per heavy atom. The topological polar surface area (TPSA) is 87.1 Å². The third-order valence-corrected chi connectivity index (χ3v) is 2.69. The van der Waals surface area contributed by atoms with E-state index >= 15 is 0 Å². The molecule has 0 bridgehead atoms. The highest BCUT2D eigenvalue weighted by Gasteiger charge is 2.10. The van der Waals surface area contributed by atoms with Gasteiger partial charge < -0.3 is 9.52 Å². The average Bonchev–Trinajstić information content (AvgIpc) is 2.78. The Balaban J connectivity index is 2.19. The van der Waals surface area contributed by atoms with Crippen molar-refractivity contribution in [2.75, 3.05) is 0 Å². The molecule has 6 heteroatoms. The van der Waals surface area contributed by atoms with Crippen LogP contribution in [0, 0.1) is 11.3 Å². The molecule has 0 aliphatic heterocycles. The van der Waals surface area contributed by atoms with Crippen molar-refractivity contribution in [2.24, 2.45) is 0 Å². The molecule has 1 N–H and O–H groups in total. The van der Waals surface area contributed by atoms with E-state index in [1.54, 1.807) is 24.3 Å². The number of furan rings is 1. The van der Waals surface area contributed by atoms with Crippen molar-refractivity contribution in [2.45, 2.75) is 10.1 Å². The largest absolute Gasteiger partial charge is 0.475 e. The number of aromatic carboxylic acids is 1. The van der Waals surface area contributed by atoms with Crippen LogP contribution in [0.1, 0.15) is 16.2 Å². The van der Waals surface area contributed by atoms with Crippen LogP contribution < -0.4 is 0 Å². The summed E-state index contributed by atoms with van der Waals surface area (Å²) in [5.74, 6) is -1.24. The van der Waals surface area contributed by atoms with Gasteiger partial charge in [0.15, 0.2) is 5.09 Å². The summed E-state index contributed by atoms with van der Waals surface area (Å²) in [5, 5.41) is 18.4. The van der Waals surface area contributed by atoms with Gasteiger partial charge in [-0.1, -0.05) is 6.07 Å². The van der Waals surface area contributed by atoms with Gasteiger partial charge in [-0.05, 0) is 36.0 Å². The van der Waals surface area contributed by atoms with E-state index in [0.717, 1.165) is 11.8 Å². The third kappa shape index (κ3) is 2.65. The molecule has 0 aliphatic carbocycles. The number of hydrogen-bond acceptors (Lipinski definition) is 5. The summed E-state index contributed by atoms with van der Waals surface area (Å²) in [6.07, 6.45) is 0. The van der Waals surface area contributed by atoms with Crippen LogP contribution in [0.3, 0.4) is 0 Å². The lowest BCUT2D eigenvalue weighted by Gasteiger charge is -1.96. The van der Waals surface area contributed by atoms with Crippen molar-refractivity contribution < 1.29 is 14.3 Å². The molecule has 0 radical (unpaired) electrons. The van der Waals surface area contributed by atoms with Crippen LogP contribution in [0.5, 0.6) is 0 Å². The number of carboxylic acids is 1. The molecule has 2 rings (SSSR count). The molecule has 0 aromatic carbocycles. The molecule has 2 heterocycles. The quantitative estimate of drug-likeness (QED) is 0.894. The molecule has 0 spiro atoms. The molecule has 0 saturated heterocycles. The molecular formula is C11H6N2O3S. The first-order valence-electron chi connectivity index (χ1n) is 4.57. The van der Waals surface area contributed by atoms with E-state index in [9.17, 15) is 4.79 Å². The van der Waals surface area contributed by atoms with Crippen molar-refractivity contribution >= 4 is 17.7 Å². The Kier molecular flexibility index (Phi) is 3.12. The summed E-state index contributed by atoms with van der Waals surface area (Å²) >= 11 is 1.16. The van der Waals surface area contributed by atoms with E-state index in [2.05, 4.69) is 4.98 Å². The number of nitriles is 1. The first-order chi connectivity index (χ1) is 8.19. The van der Waals surface area contributed by atoms with Gasteiger partial charge in [0.05, 0.1) is 0 Å². The maximum atomic E-state index is 10.6. The van der Waals surface area contributed by atoms with Crippen molar-refractivity contribution in [3.8, 4) is 6.07 Å². The number of aromatic nitrogens is 1. The fourth-order valence-electron chi connectivity index (χ4n) is 1.13. The van der Waals surface area contributed by atoms with Crippen molar-refractivity contribution in [1.29, 1.82) is 5.26 Å². The van der Waals surface area contributed by atoms with E-state index in [4.69, 9.17) is 14.8 Å². The second kappa shape index (κ2) is 4.72. The molecular weight excluding hydrogens is 240 g/mol. The van der Waals surface area contributed by atoms with Gasteiger partial charge >= 0.3 is 5.97 Å². The summed E-state index contributed by atoms with van der Waals surface area (Å²) in [5.41, 5.74) is 0.306. The molecule has 2 aromatic heterocycles. The molecule has 5 nitrogen and oxygen atoms in total. The zero-order valence-electron chi connectivity index (χ0n) is 8.45. The summed E-state index contributed by atoms with van der Waals surface area (Å²) < 4.78 is 5.06. The Morgan fingerprint density at radius 2 is 2.24 bits per heavy atom. The van der Waals surface area contributed by atoms with Crippen LogP contribution in [0.25, 0.3) is 0 Å². The molecule has 0 fully saturated rings. The van der Waals surface area contributed by atoms with Crippen LogP contribution in [0.2, 0.25) is 0 Å². The predicted molar refractivity (Wildman–Crippen MR) is 58.7 cm³/mol. The second-order valence-corrected chi connectivity index (χ2v) is 4.02. The van der Waals surface area contributed by atoms with Crippen LogP contribution in [0.4, 0.5) is 0 Å². The fraction of sp³-hybridized carbons (Fsp3) is 0. The van der Waals surface area contributed by atoms with E-state index in [1.807, 2.05) is 6.07 Å². The van der Waals surface area contributed by atoms with Crippen LogP contribution in [-0.4, -0.2) is 16.1 Å². The molecule has 84 valence electrons. The predicted octanol–water partition coefficient (Wildman–Crippen LogP) is 2.40. The first-order valence-corrected chi connectivity index (χ1v) is 5.39. The Morgan fingerprint density at radius 3 is 2.88 bits per heavy atom. The maximum Gasteiger partial charge on any atom is 0.371 e. The monoisotopic (exact) mass is 246 g/mol. The molecule has 0 amide bonds. The van der Waals surface area contributed by atoms with Crippen molar-refractivity contribution in [1.82, 2.24) is 4.98 Å². The zero-order chi connectivity index (χ0) is 12.3. The second-order valence-electron chi connectivity index (χ2n) is 3.00. The molecule has 0 saturated carbocycles. The number of carbonyl (C=O) groups is 1. The van der Waals surface area contributed by atoms with E-state index in [1.165, 1.54) is 6.07 Å². The standard InChI is InChI=1S/C11H6N2O3S/c12-6-7-2-1-3-9(13-7)17-10-5-4-8(16-10)11(14)15/h1-5H,(H,14,15). The van der Waals surface area contributed by atoms with Gasteiger partial charge in [-0.15, -0.1) is 0 Å². The molecule has 2 aromatic rings. The average molecular weight is 246 g/mol. The van der Waals surface area contributed by atoms with Gasteiger partial charge in [0.2, 0.25) is 5.76 Å². The highest BCUT2D eigenvalue weighted by molar-refractivity contribution is 7.99. The molecule has 0 atom stereocenters. The van der Waals surface area contributed by atoms with Gasteiger partial charge in [0, 0.05) is 0 Å². The minimum atomic E-state index is -1.12. The van der Waals surface area contributed by atoms with Gasteiger partial charge in [-0.25, -0.2) is 9.78 Å². The van der Waals surface area contributed by atoms with Gasteiger partial charge in [-0.2, -0.15) is 5.26 Å². The van der Waals surface area contributed by atoms with E-state index < -0.39 is 5.97 Å². The smallest absolute Gasteiger partial charge is 0.371 e. The van der Waals surface area contributed by atoms with E-state index in [0.29, 0.717) is 15.8 Å². The minimum Gasteiger partial charge on any atom is -0.475 e. The summed E-state index contributed by atoms with van der Waals surface area (Å²) in [7, 11) is 0. The number of hydrogen-bond donors (Lipinski definition) is 1. The molecule has 17 heavy (non-hydrogen) atoms. The van der Waals surface area contributed by atoms with Gasteiger partial charge in [0.1, 0.15) is 16.8 Å². The SMILES string of the molecule is N#Cc1cccc(Sc2ccc(C(=O)O)o2)n1. The lowest BCUT2D eigenvalue weighted by atomic mass is 10.4. The van der Waals surface area contributed by atoms with Gasteiger partial charge in [-0.3, -0.25) is 0 Å². The highest BCUT2D eigenvalue weighted by Crippen LogP contribution is 2.27. The summed E-state index contributed by atoms with van der Waals surface area (Å²) in [4.78, 5) is 14.6. The maximum absolute atomic E-state index is 10.6. The van der Waals surface area contributed by atoms with Crippen LogP contribution in [0.15, 0.2) is 44.9 Å². The highest BCUT2D eigenvalue weighted by atomic mass is 32.2. The first kappa shape index (κ1) is 11.2. The Bertz CT molecular complexity index is 601. The fourth-order valence-corrected chi connectivity index (χ4v) is 1.89. The molecule has 0 unspecified atom stereocenters. The molecule has 0 aliphatic rings. The third-order valence-electron chi connectivity index (χ3n) is 1.84. The van der Waals surface area contributed by atoms with E-state index in [-0.39, 0.29) is 5.76 Å².